The molecule has 1 aromatic rings. The third-order valence-electron chi connectivity index (χ3n) is 2.53. The molecule has 0 N–H and O–H groups in total. The van der Waals surface area contributed by atoms with Gasteiger partial charge < -0.3 is 0 Å². The predicted octanol–water partition coefficient (Wildman–Crippen LogP) is 4.00. The van der Waals surface area contributed by atoms with Crippen LogP contribution in [0.5, 0.6) is 0 Å². The molecule has 1 aromatic heterocycles. The van der Waals surface area contributed by atoms with E-state index in [1.807, 2.05) is 13.8 Å². The highest BCUT2D eigenvalue weighted by molar-refractivity contribution is 5.22. The molecule has 0 saturated carbocycles. The average molecular weight is 217 g/mol. The van der Waals surface area contributed by atoms with Crippen LogP contribution in [-0.4, -0.2) is 4.98 Å². The van der Waals surface area contributed by atoms with Crippen molar-refractivity contribution in [3.05, 3.63) is 29.6 Å². The van der Waals surface area contributed by atoms with Gasteiger partial charge in [-0.2, -0.15) is 13.2 Å². The van der Waals surface area contributed by atoms with Crippen molar-refractivity contribution < 1.29 is 13.2 Å². The Hall–Kier alpha value is -1.06. The van der Waals surface area contributed by atoms with Crippen molar-refractivity contribution in [2.45, 2.75) is 38.8 Å². The predicted molar refractivity (Wildman–Crippen MR) is 52.6 cm³/mol. The van der Waals surface area contributed by atoms with E-state index in [0.717, 1.165) is 24.5 Å². The van der Waals surface area contributed by atoms with E-state index in [1.165, 1.54) is 6.20 Å². The number of alkyl halides is 3. The summed E-state index contributed by atoms with van der Waals surface area (Å²) in [6.07, 6.45) is -1.42. The van der Waals surface area contributed by atoms with Crippen molar-refractivity contribution in [3.8, 4) is 0 Å². The number of hydrogen-bond acceptors (Lipinski definition) is 1. The lowest BCUT2D eigenvalue weighted by atomic mass is 9.94. The Morgan fingerprint density at radius 1 is 1.27 bits per heavy atom. The molecule has 0 aliphatic heterocycles. The molecule has 0 saturated heterocycles. The van der Waals surface area contributed by atoms with Crippen LogP contribution in [-0.2, 0) is 6.18 Å². The van der Waals surface area contributed by atoms with E-state index in [-0.39, 0.29) is 5.92 Å². The minimum absolute atomic E-state index is 0.189. The van der Waals surface area contributed by atoms with Crippen LogP contribution in [0.2, 0.25) is 0 Å². The van der Waals surface area contributed by atoms with E-state index in [1.54, 1.807) is 6.07 Å². The van der Waals surface area contributed by atoms with Crippen LogP contribution in [0.4, 0.5) is 13.2 Å². The van der Waals surface area contributed by atoms with Gasteiger partial charge in [0.2, 0.25) is 0 Å². The minimum atomic E-state index is -4.35. The second kappa shape index (κ2) is 4.64. The molecule has 0 amide bonds. The van der Waals surface area contributed by atoms with E-state index < -0.39 is 11.9 Å². The number of aromatic nitrogens is 1. The molecular weight excluding hydrogens is 203 g/mol. The zero-order chi connectivity index (χ0) is 11.5. The molecule has 0 aromatic carbocycles. The van der Waals surface area contributed by atoms with Gasteiger partial charge in [-0.25, -0.2) is 0 Å². The molecular formula is C11H14F3N. The zero-order valence-electron chi connectivity index (χ0n) is 8.80. The van der Waals surface area contributed by atoms with Gasteiger partial charge in [-0.1, -0.05) is 13.8 Å². The van der Waals surface area contributed by atoms with E-state index in [2.05, 4.69) is 4.98 Å². The summed E-state index contributed by atoms with van der Waals surface area (Å²) in [7, 11) is 0. The van der Waals surface area contributed by atoms with Crippen LogP contribution < -0.4 is 0 Å². The lowest BCUT2D eigenvalue weighted by molar-refractivity contribution is -0.141. The maximum absolute atomic E-state index is 12.4. The lowest BCUT2D eigenvalue weighted by Gasteiger charge is -2.14. The van der Waals surface area contributed by atoms with Crippen LogP contribution in [0.3, 0.4) is 0 Å². The largest absolute Gasteiger partial charge is 0.433 e. The van der Waals surface area contributed by atoms with E-state index in [0.29, 0.717) is 0 Å². The van der Waals surface area contributed by atoms with Crippen molar-refractivity contribution in [1.29, 1.82) is 0 Å². The maximum Gasteiger partial charge on any atom is 0.433 e. The van der Waals surface area contributed by atoms with Crippen molar-refractivity contribution >= 4 is 0 Å². The molecule has 0 atom stereocenters. The van der Waals surface area contributed by atoms with Crippen molar-refractivity contribution in [2.24, 2.45) is 0 Å². The first-order chi connectivity index (χ1) is 6.99. The van der Waals surface area contributed by atoms with Gasteiger partial charge >= 0.3 is 6.18 Å². The molecule has 0 aliphatic rings. The quantitative estimate of drug-likeness (QED) is 0.745. The molecule has 0 spiro atoms. The number of hydrogen-bond donors (Lipinski definition) is 0. The summed E-state index contributed by atoms with van der Waals surface area (Å²) in [5.41, 5.74) is -0.0748. The van der Waals surface area contributed by atoms with Crippen LogP contribution >= 0.6 is 0 Å². The molecule has 15 heavy (non-hydrogen) atoms. The Balaban J connectivity index is 3.02. The first-order valence-electron chi connectivity index (χ1n) is 5.02. The fourth-order valence-corrected chi connectivity index (χ4v) is 1.62. The standard InChI is InChI=1S/C11H14F3N/c1-3-8(4-2)9-5-6-15-10(7-9)11(12,13)14/h5-8H,3-4H2,1-2H3. The lowest BCUT2D eigenvalue weighted by Crippen LogP contribution is -2.09. The molecule has 0 radical (unpaired) electrons. The molecule has 1 rings (SSSR count). The average Bonchev–Trinajstić information content (AvgIpc) is 2.19. The number of pyridine rings is 1. The van der Waals surface area contributed by atoms with Crippen molar-refractivity contribution in [1.82, 2.24) is 4.98 Å². The van der Waals surface area contributed by atoms with Gasteiger partial charge in [0.25, 0.3) is 0 Å². The maximum atomic E-state index is 12.4. The fraction of sp³-hybridized carbons (Fsp3) is 0.545. The SMILES string of the molecule is CCC(CC)c1ccnc(C(F)(F)F)c1. The summed E-state index contributed by atoms with van der Waals surface area (Å²) >= 11 is 0. The Kier molecular flexibility index (Phi) is 3.72. The molecule has 0 fully saturated rings. The van der Waals surface area contributed by atoms with Gasteiger partial charge in [0.15, 0.2) is 0 Å². The molecule has 0 unspecified atom stereocenters. The van der Waals surface area contributed by atoms with Crippen molar-refractivity contribution in [3.63, 3.8) is 0 Å². The van der Waals surface area contributed by atoms with E-state index >= 15 is 0 Å². The highest BCUT2D eigenvalue weighted by atomic mass is 19.4. The van der Waals surface area contributed by atoms with Gasteiger partial charge in [0.1, 0.15) is 5.69 Å². The van der Waals surface area contributed by atoms with Gasteiger partial charge in [0.05, 0.1) is 0 Å². The zero-order valence-corrected chi connectivity index (χ0v) is 8.80. The summed E-state index contributed by atoms with van der Waals surface area (Å²) in [4.78, 5) is 3.34. The van der Waals surface area contributed by atoms with Crippen LogP contribution in [0.25, 0.3) is 0 Å². The van der Waals surface area contributed by atoms with Gasteiger partial charge in [-0.05, 0) is 36.5 Å². The van der Waals surface area contributed by atoms with Gasteiger partial charge in [0, 0.05) is 6.20 Å². The number of halogens is 3. The third kappa shape index (κ3) is 2.94. The molecule has 0 aliphatic carbocycles. The summed E-state index contributed by atoms with van der Waals surface area (Å²) in [6, 6.07) is 2.81. The van der Waals surface area contributed by atoms with E-state index in [4.69, 9.17) is 0 Å². The molecule has 0 bridgehead atoms. The summed E-state index contributed by atoms with van der Waals surface area (Å²) in [6.45, 7) is 3.95. The third-order valence-corrected chi connectivity index (χ3v) is 2.53. The topological polar surface area (TPSA) is 12.9 Å². The second-order valence-corrected chi connectivity index (χ2v) is 3.49. The Bertz CT molecular complexity index is 316. The Morgan fingerprint density at radius 2 is 1.87 bits per heavy atom. The highest BCUT2D eigenvalue weighted by Crippen LogP contribution is 2.30. The molecule has 1 heterocycles. The normalized spacial score (nSPS) is 12.1. The minimum Gasteiger partial charge on any atom is -0.252 e. The number of nitrogens with zero attached hydrogens (tertiary/aromatic N) is 1. The van der Waals surface area contributed by atoms with Crippen molar-refractivity contribution in [2.75, 3.05) is 0 Å². The van der Waals surface area contributed by atoms with Gasteiger partial charge in [-0.3, -0.25) is 4.98 Å². The fourth-order valence-electron chi connectivity index (χ4n) is 1.62. The Labute approximate surface area is 87.3 Å². The highest BCUT2D eigenvalue weighted by Gasteiger charge is 2.32. The molecule has 4 heteroatoms. The van der Waals surface area contributed by atoms with Crippen LogP contribution in [0, 0.1) is 0 Å². The second-order valence-electron chi connectivity index (χ2n) is 3.49. The monoisotopic (exact) mass is 217 g/mol. The van der Waals surface area contributed by atoms with Crippen LogP contribution in [0.1, 0.15) is 43.9 Å². The first kappa shape index (κ1) is 12.0. The summed E-state index contributed by atoms with van der Waals surface area (Å²) in [5.74, 6) is 0.189. The molecule has 84 valence electrons. The number of rotatable bonds is 3. The Morgan fingerprint density at radius 3 is 2.33 bits per heavy atom. The van der Waals surface area contributed by atoms with E-state index in [9.17, 15) is 13.2 Å². The van der Waals surface area contributed by atoms with Crippen LogP contribution in [0.15, 0.2) is 18.3 Å². The smallest absolute Gasteiger partial charge is 0.252 e. The summed E-state index contributed by atoms with van der Waals surface area (Å²) < 4.78 is 37.1. The summed E-state index contributed by atoms with van der Waals surface area (Å²) in [5, 5.41) is 0. The molecule has 1 nitrogen and oxygen atoms in total. The first-order valence-corrected chi connectivity index (χ1v) is 5.02. The van der Waals surface area contributed by atoms with Gasteiger partial charge in [-0.15, -0.1) is 0 Å².